The number of nitrogens with zero attached hydrogens (tertiary/aromatic N) is 1. The summed E-state index contributed by atoms with van der Waals surface area (Å²) in [5.74, 6) is 1.47. The van der Waals surface area contributed by atoms with Crippen molar-refractivity contribution in [2.75, 3.05) is 11.6 Å². The third kappa shape index (κ3) is 4.01. The summed E-state index contributed by atoms with van der Waals surface area (Å²) in [4.78, 5) is 0. The molecule has 0 bridgehead atoms. The maximum Gasteiger partial charge on any atom is 0.215 e. The first-order valence-electron chi connectivity index (χ1n) is 5.47. The van der Waals surface area contributed by atoms with E-state index < -0.39 is 10.0 Å². The van der Waals surface area contributed by atoms with Crippen LogP contribution in [0.25, 0.3) is 0 Å². The van der Waals surface area contributed by atoms with E-state index in [0.29, 0.717) is 5.76 Å². The lowest BCUT2D eigenvalue weighted by atomic mass is 10.3. The monoisotopic (exact) mass is 279 g/mol. The van der Waals surface area contributed by atoms with Crippen LogP contribution in [0, 0.1) is 6.92 Å². The highest BCUT2D eigenvalue weighted by Gasteiger charge is 2.25. The third-order valence-corrected chi connectivity index (χ3v) is 4.77. The van der Waals surface area contributed by atoms with Gasteiger partial charge < -0.3 is 4.42 Å². The lowest BCUT2D eigenvalue weighted by Gasteiger charge is -2.24. The lowest BCUT2D eigenvalue weighted by molar-refractivity contribution is 0.315. The zero-order valence-electron chi connectivity index (χ0n) is 10.3. The van der Waals surface area contributed by atoms with Gasteiger partial charge >= 0.3 is 0 Å². The minimum Gasteiger partial charge on any atom is -0.465 e. The molecule has 1 aromatic rings. The molecule has 17 heavy (non-hydrogen) atoms. The molecule has 0 aliphatic rings. The van der Waals surface area contributed by atoms with Crippen molar-refractivity contribution in [3.8, 4) is 0 Å². The highest BCUT2D eigenvalue weighted by molar-refractivity contribution is 7.89. The topological polar surface area (TPSA) is 50.5 Å². The number of rotatable bonds is 6. The van der Waals surface area contributed by atoms with Gasteiger partial charge in [0.25, 0.3) is 0 Å². The number of sulfonamides is 1. The normalized spacial score (nSPS) is 12.6. The van der Waals surface area contributed by atoms with Crippen molar-refractivity contribution in [3.63, 3.8) is 0 Å². The molecular formula is C11H18ClNO3S. The molecule has 1 aromatic heterocycles. The van der Waals surface area contributed by atoms with Crippen LogP contribution in [0.4, 0.5) is 0 Å². The minimum absolute atomic E-state index is 0.0492. The van der Waals surface area contributed by atoms with Crippen LogP contribution >= 0.6 is 11.6 Å². The van der Waals surface area contributed by atoms with Gasteiger partial charge in [0, 0.05) is 11.9 Å². The molecule has 98 valence electrons. The van der Waals surface area contributed by atoms with Gasteiger partial charge in [-0.3, -0.25) is 0 Å². The fourth-order valence-corrected chi connectivity index (χ4v) is 3.52. The summed E-state index contributed by atoms with van der Waals surface area (Å²) in [7, 11) is -3.32. The second kappa shape index (κ2) is 5.89. The van der Waals surface area contributed by atoms with Gasteiger partial charge in [0.15, 0.2) is 0 Å². The molecule has 0 unspecified atom stereocenters. The maximum atomic E-state index is 12.0. The smallest absolute Gasteiger partial charge is 0.215 e. The summed E-state index contributed by atoms with van der Waals surface area (Å²) in [5.41, 5.74) is 0. The molecule has 0 spiro atoms. The van der Waals surface area contributed by atoms with E-state index in [4.69, 9.17) is 16.0 Å². The largest absolute Gasteiger partial charge is 0.465 e. The van der Waals surface area contributed by atoms with Crippen LogP contribution in [0.3, 0.4) is 0 Å². The van der Waals surface area contributed by atoms with E-state index in [2.05, 4.69) is 0 Å². The SMILES string of the molecule is Cc1ccc(CN(C(C)C)S(=O)(=O)CCCl)o1. The van der Waals surface area contributed by atoms with Crippen molar-refractivity contribution < 1.29 is 12.8 Å². The summed E-state index contributed by atoms with van der Waals surface area (Å²) in [5, 5.41) is 0. The molecule has 1 heterocycles. The predicted molar refractivity (Wildman–Crippen MR) is 68.6 cm³/mol. The Morgan fingerprint density at radius 2 is 2.06 bits per heavy atom. The van der Waals surface area contributed by atoms with Crippen LogP contribution in [-0.2, 0) is 16.6 Å². The van der Waals surface area contributed by atoms with E-state index in [0.717, 1.165) is 5.76 Å². The van der Waals surface area contributed by atoms with Crippen molar-refractivity contribution in [2.45, 2.75) is 33.4 Å². The van der Waals surface area contributed by atoms with Crippen molar-refractivity contribution in [2.24, 2.45) is 0 Å². The van der Waals surface area contributed by atoms with Crippen molar-refractivity contribution >= 4 is 21.6 Å². The second-order valence-corrected chi connectivity index (χ2v) is 6.58. The Balaban J connectivity index is 2.87. The number of halogens is 1. The van der Waals surface area contributed by atoms with E-state index in [1.807, 2.05) is 26.8 Å². The highest BCUT2D eigenvalue weighted by atomic mass is 35.5. The van der Waals surface area contributed by atoms with Crippen LogP contribution in [0.15, 0.2) is 16.5 Å². The Hall–Kier alpha value is -0.520. The number of alkyl halides is 1. The number of hydrogen-bond acceptors (Lipinski definition) is 3. The molecule has 0 aliphatic heterocycles. The fourth-order valence-electron chi connectivity index (χ4n) is 1.54. The first kappa shape index (κ1) is 14.5. The Labute approximate surface area is 108 Å². The van der Waals surface area contributed by atoms with Crippen LogP contribution in [0.1, 0.15) is 25.4 Å². The summed E-state index contributed by atoms with van der Waals surface area (Å²) < 4.78 is 30.8. The molecular weight excluding hydrogens is 262 g/mol. The van der Waals surface area contributed by atoms with Crippen LogP contribution in [0.2, 0.25) is 0 Å². The van der Waals surface area contributed by atoms with Gasteiger partial charge in [-0.05, 0) is 32.9 Å². The van der Waals surface area contributed by atoms with Crippen molar-refractivity contribution in [1.29, 1.82) is 0 Å². The number of furan rings is 1. The molecule has 4 nitrogen and oxygen atoms in total. The Bertz CT molecular complexity index is 453. The standard InChI is InChI=1S/C11H18ClNO3S/c1-9(2)13(17(14,15)7-6-12)8-11-5-4-10(3)16-11/h4-5,9H,6-8H2,1-3H3. The van der Waals surface area contributed by atoms with Gasteiger partial charge in [-0.2, -0.15) is 4.31 Å². The van der Waals surface area contributed by atoms with E-state index in [1.165, 1.54) is 4.31 Å². The fraction of sp³-hybridized carbons (Fsp3) is 0.636. The Morgan fingerprint density at radius 1 is 1.41 bits per heavy atom. The van der Waals surface area contributed by atoms with Crippen molar-refractivity contribution in [3.05, 3.63) is 23.7 Å². The first-order valence-corrected chi connectivity index (χ1v) is 7.62. The van der Waals surface area contributed by atoms with Gasteiger partial charge in [0.1, 0.15) is 11.5 Å². The molecule has 0 fully saturated rings. The molecule has 0 N–H and O–H groups in total. The molecule has 0 radical (unpaired) electrons. The van der Waals surface area contributed by atoms with E-state index >= 15 is 0 Å². The van der Waals surface area contributed by atoms with Gasteiger partial charge in [-0.15, -0.1) is 11.6 Å². The minimum atomic E-state index is -3.32. The third-order valence-electron chi connectivity index (χ3n) is 2.38. The van der Waals surface area contributed by atoms with Gasteiger partial charge in [0.2, 0.25) is 10.0 Å². The zero-order valence-corrected chi connectivity index (χ0v) is 11.9. The van der Waals surface area contributed by atoms with Crippen molar-refractivity contribution in [1.82, 2.24) is 4.31 Å². The molecule has 0 saturated heterocycles. The average Bonchev–Trinajstić information content (AvgIpc) is 2.59. The van der Waals surface area contributed by atoms with Gasteiger partial charge in [0.05, 0.1) is 12.3 Å². The van der Waals surface area contributed by atoms with Crippen LogP contribution < -0.4 is 0 Å². The van der Waals surface area contributed by atoms with Crippen LogP contribution in [0.5, 0.6) is 0 Å². The van der Waals surface area contributed by atoms with Crippen LogP contribution in [-0.4, -0.2) is 30.4 Å². The molecule has 0 amide bonds. The number of aryl methyl sites for hydroxylation is 1. The molecule has 1 rings (SSSR count). The van der Waals surface area contributed by atoms with Gasteiger partial charge in [-0.25, -0.2) is 8.42 Å². The molecule has 0 aliphatic carbocycles. The van der Waals surface area contributed by atoms with Gasteiger partial charge in [-0.1, -0.05) is 0 Å². The molecule has 0 saturated carbocycles. The van der Waals surface area contributed by atoms with E-state index in [-0.39, 0.29) is 24.2 Å². The van der Waals surface area contributed by atoms with E-state index in [1.54, 1.807) is 6.07 Å². The average molecular weight is 280 g/mol. The Kier molecular flexibility index (Phi) is 5.04. The summed E-state index contributed by atoms with van der Waals surface area (Å²) >= 11 is 5.51. The summed E-state index contributed by atoms with van der Waals surface area (Å²) in [6, 6.07) is 3.50. The maximum absolute atomic E-state index is 12.0. The highest BCUT2D eigenvalue weighted by Crippen LogP contribution is 2.16. The quantitative estimate of drug-likeness (QED) is 0.751. The lowest BCUT2D eigenvalue weighted by Crippen LogP contribution is -2.38. The predicted octanol–water partition coefficient (Wildman–Crippen LogP) is 2.37. The number of hydrogen-bond donors (Lipinski definition) is 0. The summed E-state index contributed by atoms with van der Waals surface area (Å²) in [6.45, 7) is 5.75. The Morgan fingerprint density at radius 3 is 2.47 bits per heavy atom. The first-order chi connectivity index (χ1) is 7.86. The summed E-state index contributed by atoms with van der Waals surface area (Å²) in [6.07, 6.45) is 0. The molecule has 6 heteroatoms. The molecule has 0 aromatic carbocycles. The second-order valence-electron chi connectivity index (χ2n) is 4.16. The van der Waals surface area contributed by atoms with E-state index in [9.17, 15) is 8.42 Å². The molecule has 0 atom stereocenters. The zero-order chi connectivity index (χ0) is 13.1.